The smallest absolute Gasteiger partial charge is 0.335 e. The molecule has 1 aromatic heterocycles. The Kier molecular flexibility index (Phi) is 9.30. The third-order valence-corrected chi connectivity index (χ3v) is 6.57. The van der Waals surface area contributed by atoms with E-state index in [1.54, 1.807) is 18.3 Å². The van der Waals surface area contributed by atoms with Crippen LogP contribution >= 0.6 is 11.3 Å². The molecule has 0 aliphatic heterocycles. The van der Waals surface area contributed by atoms with Crippen molar-refractivity contribution in [2.45, 2.75) is 32.8 Å². The second-order valence-electron chi connectivity index (χ2n) is 8.11. The highest BCUT2D eigenvalue weighted by molar-refractivity contribution is 7.21. The quantitative estimate of drug-likeness (QED) is 0.156. The lowest BCUT2D eigenvalue weighted by Gasteiger charge is -2.15. The van der Waals surface area contributed by atoms with E-state index in [1.165, 1.54) is 4.70 Å². The number of aromatic nitrogens is 1. The number of ether oxygens (including phenoxy) is 4. The lowest BCUT2D eigenvalue weighted by Crippen LogP contribution is -2.28. The highest BCUT2D eigenvalue weighted by atomic mass is 32.1. The maximum atomic E-state index is 12.0. The Morgan fingerprint density at radius 1 is 0.861 bits per heavy atom. The summed E-state index contributed by atoms with van der Waals surface area (Å²) >= 11 is 1.69. The van der Waals surface area contributed by atoms with Crippen molar-refractivity contribution in [3.63, 3.8) is 0 Å². The third kappa shape index (κ3) is 7.06. The molecular weight excluding hydrogens is 474 g/mol. The summed E-state index contributed by atoms with van der Waals surface area (Å²) < 4.78 is 23.5. The van der Waals surface area contributed by atoms with E-state index in [4.69, 9.17) is 23.9 Å². The summed E-state index contributed by atoms with van der Waals surface area (Å²) in [5.41, 5.74) is 3.11. The average Bonchev–Trinajstić information content (AvgIpc) is 3.34. The zero-order valence-electron chi connectivity index (χ0n) is 20.6. The molecular formula is C29H31NO5S. The van der Waals surface area contributed by atoms with Gasteiger partial charge in [-0.1, -0.05) is 24.3 Å². The summed E-state index contributed by atoms with van der Waals surface area (Å²) in [7, 11) is 0. The molecule has 0 radical (unpaired) electrons. The first-order valence-electron chi connectivity index (χ1n) is 12.2. The molecule has 0 N–H and O–H groups in total. The summed E-state index contributed by atoms with van der Waals surface area (Å²) in [6.07, 6.45) is 0.643. The fourth-order valence-electron chi connectivity index (χ4n) is 3.71. The van der Waals surface area contributed by atoms with Crippen molar-refractivity contribution in [2.75, 3.05) is 26.4 Å². The number of thiazole rings is 1. The zero-order valence-corrected chi connectivity index (χ0v) is 21.5. The Bertz CT molecular complexity index is 1200. The molecule has 1 heterocycles. The first-order valence-corrected chi connectivity index (χ1v) is 13.1. The van der Waals surface area contributed by atoms with Crippen LogP contribution in [0.1, 0.15) is 25.8 Å². The van der Waals surface area contributed by atoms with Crippen LogP contribution in [0.2, 0.25) is 0 Å². The number of carbonyl (C=O) groups is 1. The average molecular weight is 506 g/mol. The molecule has 0 aliphatic carbocycles. The largest absolute Gasteiger partial charge is 0.493 e. The van der Waals surface area contributed by atoms with Crippen molar-refractivity contribution in [1.82, 2.24) is 4.98 Å². The first kappa shape index (κ1) is 25.7. The number of para-hydroxylation sites is 1. The molecule has 0 spiro atoms. The standard InChI is InChI=1S/C29H31NO5S/c1-3-32-26(29(31)33-4-2)20-21-10-14-23(15-11-21)34-18-7-19-35-24-16-12-22(13-17-24)28-30-25-8-5-6-9-27(25)36-28/h5-6,8-17,26H,3-4,7,18-20H2,1-2H3/t26-/m0/s1. The lowest BCUT2D eigenvalue weighted by atomic mass is 10.1. The van der Waals surface area contributed by atoms with Gasteiger partial charge in [0.1, 0.15) is 16.5 Å². The predicted molar refractivity (Wildman–Crippen MR) is 143 cm³/mol. The zero-order chi connectivity index (χ0) is 25.2. The minimum atomic E-state index is -0.589. The maximum Gasteiger partial charge on any atom is 0.335 e. The van der Waals surface area contributed by atoms with E-state index in [-0.39, 0.29) is 5.97 Å². The number of benzene rings is 3. The predicted octanol–water partition coefficient (Wildman–Crippen LogP) is 6.32. The SMILES string of the molecule is CCOC(=O)[C@H](Cc1ccc(OCCCOc2ccc(-c3nc4ccccc4s3)cc2)cc1)OCC. The molecule has 3 aromatic carbocycles. The van der Waals surface area contributed by atoms with Gasteiger partial charge in [-0.05, 0) is 67.9 Å². The molecule has 4 aromatic rings. The minimum Gasteiger partial charge on any atom is -0.493 e. The molecule has 6 nitrogen and oxygen atoms in total. The van der Waals surface area contributed by atoms with Gasteiger partial charge in [-0.2, -0.15) is 0 Å². The van der Waals surface area contributed by atoms with E-state index in [0.29, 0.717) is 32.8 Å². The van der Waals surface area contributed by atoms with Crippen LogP contribution in [0.25, 0.3) is 20.8 Å². The van der Waals surface area contributed by atoms with Crippen molar-refractivity contribution in [2.24, 2.45) is 0 Å². The van der Waals surface area contributed by atoms with Crippen molar-refractivity contribution in [1.29, 1.82) is 0 Å². The van der Waals surface area contributed by atoms with E-state index >= 15 is 0 Å². The molecule has 0 aliphatic rings. The molecule has 0 saturated carbocycles. The minimum absolute atomic E-state index is 0.328. The maximum absolute atomic E-state index is 12.0. The molecule has 0 saturated heterocycles. The summed E-state index contributed by atoms with van der Waals surface area (Å²) in [4.78, 5) is 16.7. The van der Waals surface area contributed by atoms with Crippen LogP contribution in [0.15, 0.2) is 72.8 Å². The number of fused-ring (bicyclic) bond motifs is 1. The van der Waals surface area contributed by atoms with Crippen LogP contribution in [0, 0.1) is 0 Å². The highest BCUT2D eigenvalue weighted by Crippen LogP contribution is 2.30. The summed E-state index contributed by atoms with van der Waals surface area (Å²) in [5.74, 6) is 1.28. The van der Waals surface area contributed by atoms with Crippen molar-refractivity contribution in [3.8, 4) is 22.1 Å². The van der Waals surface area contributed by atoms with Crippen molar-refractivity contribution < 1.29 is 23.7 Å². The van der Waals surface area contributed by atoms with Gasteiger partial charge >= 0.3 is 5.97 Å². The molecule has 0 fully saturated rings. The molecule has 0 amide bonds. The monoisotopic (exact) mass is 505 g/mol. The van der Waals surface area contributed by atoms with E-state index < -0.39 is 6.10 Å². The second kappa shape index (κ2) is 13.0. The van der Waals surface area contributed by atoms with Gasteiger partial charge in [0.2, 0.25) is 0 Å². The van der Waals surface area contributed by atoms with Crippen molar-refractivity contribution >= 4 is 27.5 Å². The summed E-state index contributed by atoms with van der Waals surface area (Å²) in [5, 5.41) is 1.01. The number of hydrogen-bond acceptors (Lipinski definition) is 7. The van der Waals surface area contributed by atoms with E-state index in [2.05, 4.69) is 6.07 Å². The van der Waals surface area contributed by atoms with Gasteiger partial charge in [-0.3, -0.25) is 0 Å². The molecule has 0 bridgehead atoms. The fourth-order valence-corrected chi connectivity index (χ4v) is 4.68. The third-order valence-electron chi connectivity index (χ3n) is 5.48. The number of hydrogen-bond donors (Lipinski definition) is 0. The van der Waals surface area contributed by atoms with Crippen LogP contribution in [-0.4, -0.2) is 43.5 Å². The van der Waals surface area contributed by atoms with Gasteiger partial charge in [0.15, 0.2) is 6.10 Å². The van der Waals surface area contributed by atoms with Gasteiger partial charge in [0.25, 0.3) is 0 Å². The molecule has 4 rings (SSSR count). The van der Waals surface area contributed by atoms with Crippen LogP contribution < -0.4 is 9.47 Å². The van der Waals surface area contributed by atoms with E-state index in [9.17, 15) is 4.79 Å². The van der Waals surface area contributed by atoms with E-state index in [0.717, 1.165) is 39.6 Å². The van der Waals surface area contributed by atoms with Crippen molar-refractivity contribution in [3.05, 3.63) is 78.4 Å². The Labute approximate surface area is 215 Å². The molecule has 188 valence electrons. The number of esters is 1. The number of rotatable bonds is 13. The Morgan fingerprint density at radius 2 is 1.53 bits per heavy atom. The Hall–Kier alpha value is -3.42. The summed E-state index contributed by atoms with van der Waals surface area (Å²) in [6, 6.07) is 23.9. The van der Waals surface area contributed by atoms with Gasteiger partial charge in [0, 0.05) is 25.0 Å². The molecule has 36 heavy (non-hydrogen) atoms. The van der Waals surface area contributed by atoms with Crippen LogP contribution in [0.4, 0.5) is 0 Å². The first-order chi connectivity index (χ1) is 17.7. The van der Waals surface area contributed by atoms with Crippen LogP contribution in [0.3, 0.4) is 0 Å². The highest BCUT2D eigenvalue weighted by Gasteiger charge is 2.20. The van der Waals surface area contributed by atoms with Crippen LogP contribution in [0.5, 0.6) is 11.5 Å². The Morgan fingerprint density at radius 3 is 2.17 bits per heavy atom. The van der Waals surface area contributed by atoms with Gasteiger partial charge in [-0.15, -0.1) is 11.3 Å². The van der Waals surface area contributed by atoms with Gasteiger partial charge in [-0.25, -0.2) is 9.78 Å². The number of nitrogens with zero attached hydrogens (tertiary/aromatic N) is 1. The number of carbonyl (C=O) groups excluding carboxylic acids is 1. The van der Waals surface area contributed by atoms with Gasteiger partial charge in [0.05, 0.1) is 30.0 Å². The lowest BCUT2D eigenvalue weighted by molar-refractivity contribution is -0.156. The molecule has 1 atom stereocenters. The van der Waals surface area contributed by atoms with Crippen LogP contribution in [-0.2, 0) is 20.7 Å². The summed E-state index contributed by atoms with van der Waals surface area (Å²) in [6.45, 7) is 5.57. The Balaban J connectivity index is 1.19. The second-order valence-corrected chi connectivity index (χ2v) is 9.14. The van der Waals surface area contributed by atoms with E-state index in [1.807, 2.05) is 73.7 Å². The molecule has 7 heteroatoms. The fraction of sp³-hybridized carbons (Fsp3) is 0.310. The molecule has 0 unspecified atom stereocenters. The normalized spacial score (nSPS) is 11.8. The topological polar surface area (TPSA) is 66.9 Å². The van der Waals surface area contributed by atoms with Gasteiger partial charge < -0.3 is 18.9 Å².